The maximum Gasteiger partial charge on any atom is 0.330 e. The molecule has 0 bridgehead atoms. The fraction of sp³-hybridized carbons (Fsp3) is 0.448. The minimum absolute atomic E-state index is 0.126. The van der Waals surface area contributed by atoms with E-state index < -0.39 is 35.3 Å². The Bertz CT molecular complexity index is 1350. The van der Waals surface area contributed by atoms with Gasteiger partial charge in [-0.25, -0.2) is 4.79 Å². The van der Waals surface area contributed by atoms with Crippen molar-refractivity contribution in [3.8, 4) is 11.1 Å². The van der Waals surface area contributed by atoms with Gasteiger partial charge in [-0.15, -0.1) is 0 Å². The zero-order chi connectivity index (χ0) is 26.0. The first kappa shape index (κ1) is 25.6. The second kappa shape index (κ2) is 10.8. The summed E-state index contributed by atoms with van der Waals surface area (Å²) in [4.78, 5) is 26.2. The normalized spacial score (nSPS) is 25.2. The SMILES string of the molecule is CCCCCCc1cc2c(c(-c3ccccc3)c1)C[C@@]1(OC2)[C@H](O)CO[C@@H](n2ccc(=O)[nH]c2=O)[C@@H]1O. The Kier molecular flexibility index (Phi) is 7.44. The quantitative estimate of drug-likeness (QED) is 0.425. The number of rotatable bonds is 7. The van der Waals surface area contributed by atoms with Crippen LogP contribution in [-0.4, -0.2) is 44.2 Å². The Balaban J connectivity index is 1.53. The van der Waals surface area contributed by atoms with Crippen LogP contribution in [0.15, 0.2) is 64.3 Å². The van der Waals surface area contributed by atoms with E-state index in [9.17, 15) is 19.8 Å². The Labute approximate surface area is 215 Å². The molecular weight excluding hydrogens is 472 g/mol. The van der Waals surface area contributed by atoms with Crippen LogP contribution < -0.4 is 11.2 Å². The van der Waals surface area contributed by atoms with E-state index in [0.29, 0.717) is 0 Å². The highest BCUT2D eigenvalue weighted by atomic mass is 16.6. The zero-order valence-corrected chi connectivity index (χ0v) is 21.1. The lowest BCUT2D eigenvalue weighted by molar-refractivity contribution is -0.284. The molecule has 2 aliphatic heterocycles. The number of aliphatic hydroxyl groups excluding tert-OH is 2. The zero-order valence-electron chi connectivity index (χ0n) is 21.1. The maximum absolute atomic E-state index is 12.5. The molecule has 2 aromatic carbocycles. The van der Waals surface area contributed by atoms with Crippen LogP contribution in [0.2, 0.25) is 0 Å². The van der Waals surface area contributed by atoms with Crippen molar-refractivity contribution in [3.63, 3.8) is 0 Å². The van der Waals surface area contributed by atoms with E-state index in [1.54, 1.807) is 0 Å². The molecule has 5 rings (SSSR count). The number of aromatic nitrogens is 2. The minimum Gasteiger partial charge on any atom is -0.388 e. The first-order valence-electron chi connectivity index (χ1n) is 13.1. The molecule has 196 valence electrons. The van der Waals surface area contributed by atoms with Crippen LogP contribution >= 0.6 is 0 Å². The Hall–Kier alpha value is -3.04. The second-order valence-electron chi connectivity index (χ2n) is 10.1. The van der Waals surface area contributed by atoms with Gasteiger partial charge in [0.25, 0.3) is 5.56 Å². The number of hydrogen-bond acceptors (Lipinski definition) is 6. The van der Waals surface area contributed by atoms with Gasteiger partial charge in [0.1, 0.15) is 17.8 Å². The summed E-state index contributed by atoms with van der Waals surface area (Å²) in [6.07, 6.45) is 3.67. The topological polar surface area (TPSA) is 114 Å². The predicted molar refractivity (Wildman–Crippen MR) is 139 cm³/mol. The van der Waals surface area contributed by atoms with Crippen molar-refractivity contribution in [2.24, 2.45) is 0 Å². The molecule has 3 N–H and O–H groups in total. The molecule has 1 spiro atoms. The average molecular weight is 507 g/mol. The molecular formula is C29H34N2O6. The molecule has 8 heteroatoms. The van der Waals surface area contributed by atoms with Crippen molar-refractivity contribution < 1.29 is 19.7 Å². The lowest BCUT2D eigenvalue weighted by Gasteiger charge is -2.50. The summed E-state index contributed by atoms with van der Waals surface area (Å²) in [7, 11) is 0. The third-order valence-electron chi connectivity index (χ3n) is 7.64. The van der Waals surface area contributed by atoms with Crippen molar-refractivity contribution in [2.75, 3.05) is 6.61 Å². The van der Waals surface area contributed by atoms with Crippen LogP contribution in [0.5, 0.6) is 0 Å². The molecule has 0 saturated carbocycles. The summed E-state index contributed by atoms with van der Waals surface area (Å²) in [5.41, 5.74) is 2.82. The molecule has 3 heterocycles. The number of H-pyrrole nitrogens is 1. The number of ether oxygens (including phenoxy) is 2. The van der Waals surface area contributed by atoms with Gasteiger partial charge >= 0.3 is 5.69 Å². The van der Waals surface area contributed by atoms with E-state index in [4.69, 9.17) is 9.47 Å². The molecule has 1 saturated heterocycles. The molecule has 1 aromatic heterocycles. The van der Waals surface area contributed by atoms with E-state index in [0.717, 1.165) is 39.7 Å². The van der Waals surface area contributed by atoms with Crippen LogP contribution in [0.25, 0.3) is 11.1 Å². The first-order chi connectivity index (χ1) is 17.9. The van der Waals surface area contributed by atoms with Crippen LogP contribution in [0, 0.1) is 0 Å². The van der Waals surface area contributed by atoms with Gasteiger partial charge in [-0.1, -0.05) is 68.7 Å². The standard InChI is InChI=1S/C29H34N2O6/c1-2-3-4-6-9-19-14-21-17-37-29(16-23(21)22(15-19)20-10-7-5-8-11-20)24(32)18-36-27(26(29)34)31-13-12-25(33)30-28(31)35/h5,7-8,10-15,24,26-27,32,34H,2-4,6,9,16-18H2,1H3,(H,30,33,35)/t24-,26+,27-,29-/m1/s1. The molecule has 0 amide bonds. The first-order valence-corrected chi connectivity index (χ1v) is 13.1. The third kappa shape index (κ3) is 4.94. The molecule has 1 fully saturated rings. The van der Waals surface area contributed by atoms with E-state index in [2.05, 4.69) is 36.2 Å². The van der Waals surface area contributed by atoms with Gasteiger partial charge in [0.2, 0.25) is 0 Å². The van der Waals surface area contributed by atoms with Crippen LogP contribution in [0.1, 0.15) is 55.5 Å². The number of aryl methyl sites for hydroxylation is 1. The lowest BCUT2D eigenvalue weighted by Crippen LogP contribution is -2.65. The third-order valence-corrected chi connectivity index (χ3v) is 7.64. The smallest absolute Gasteiger partial charge is 0.330 e. The van der Waals surface area contributed by atoms with Crippen molar-refractivity contribution >= 4 is 0 Å². The van der Waals surface area contributed by atoms with Crippen molar-refractivity contribution in [3.05, 3.63) is 92.3 Å². The molecule has 4 atom stereocenters. The Morgan fingerprint density at radius 1 is 1.08 bits per heavy atom. The predicted octanol–water partition coefficient (Wildman–Crippen LogP) is 3.09. The van der Waals surface area contributed by atoms with Gasteiger partial charge in [0, 0.05) is 18.7 Å². The Morgan fingerprint density at radius 2 is 1.89 bits per heavy atom. The molecule has 2 aliphatic rings. The highest BCUT2D eigenvalue weighted by molar-refractivity contribution is 5.70. The van der Waals surface area contributed by atoms with E-state index in [1.807, 2.05) is 18.2 Å². The number of hydrogen-bond donors (Lipinski definition) is 3. The number of nitrogens with one attached hydrogen (secondary N) is 1. The summed E-state index contributed by atoms with van der Waals surface area (Å²) in [5, 5.41) is 22.6. The molecule has 3 aromatic rings. The number of nitrogens with zero attached hydrogens (tertiary/aromatic N) is 1. The van der Waals surface area contributed by atoms with Gasteiger partial charge in [-0.05, 0) is 40.7 Å². The van der Waals surface area contributed by atoms with Gasteiger partial charge in [-0.2, -0.15) is 0 Å². The molecule has 0 aliphatic carbocycles. The van der Waals surface area contributed by atoms with Crippen molar-refractivity contribution in [1.82, 2.24) is 9.55 Å². The highest BCUT2D eigenvalue weighted by Crippen LogP contribution is 2.44. The fourth-order valence-corrected chi connectivity index (χ4v) is 5.58. The second-order valence-corrected chi connectivity index (χ2v) is 10.1. The van der Waals surface area contributed by atoms with Crippen molar-refractivity contribution in [2.45, 2.75) is 76.1 Å². The molecule has 0 unspecified atom stereocenters. The molecule has 8 nitrogen and oxygen atoms in total. The summed E-state index contributed by atoms with van der Waals surface area (Å²) in [6, 6.07) is 15.7. The number of fused-ring (bicyclic) bond motifs is 1. The maximum atomic E-state index is 12.5. The minimum atomic E-state index is -1.38. The number of unbranched alkanes of at least 4 members (excludes halogenated alkanes) is 3. The van der Waals surface area contributed by atoms with Gasteiger partial charge in [0.15, 0.2) is 6.23 Å². The number of benzene rings is 2. The van der Waals surface area contributed by atoms with Crippen LogP contribution in [-0.2, 0) is 28.9 Å². The van der Waals surface area contributed by atoms with Gasteiger partial charge < -0.3 is 19.7 Å². The summed E-state index contributed by atoms with van der Waals surface area (Å²) >= 11 is 0. The lowest BCUT2D eigenvalue weighted by atomic mass is 9.76. The van der Waals surface area contributed by atoms with Crippen molar-refractivity contribution in [1.29, 1.82) is 0 Å². The van der Waals surface area contributed by atoms with Crippen LogP contribution in [0.3, 0.4) is 0 Å². The van der Waals surface area contributed by atoms with Gasteiger partial charge in [0.05, 0.1) is 13.2 Å². The van der Waals surface area contributed by atoms with E-state index >= 15 is 0 Å². The summed E-state index contributed by atoms with van der Waals surface area (Å²) in [5.74, 6) is 0. The average Bonchev–Trinajstić information content (AvgIpc) is 2.91. The highest BCUT2D eigenvalue weighted by Gasteiger charge is 2.55. The largest absolute Gasteiger partial charge is 0.388 e. The number of aliphatic hydroxyl groups is 2. The fourth-order valence-electron chi connectivity index (χ4n) is 5.58. The summed E-state index contributed by atoms with van der Waals surface area (Å²) in [6.45, 7) is 2.30. The summed E-state index contributed by atoms with van der Waals surface area (Å²) < 4.78 is 13.1. The number of aromatic amines is 1. The monoisotopic (exact) mass is 506 g/mol. The van der Waals surface area contributed by atoms with E-state index in [1.165, 1.54) is 37.1 Å². The van der Waals surface area contributed by atoms with E-state index in [-0.39, 0.29) is 19.6 Å². The van der Waals surface area contributed by atoms with Crippen LogP contribution in [0.4, 0.5) is 0 Å². The molecule has 37 heavy (non-hydrogen) atoms. The molecule has 0 radical (unpaired) electrons. The Morgan fingerprint density at radius 3 is 2.65 bits per heavy atom. The van der Waals surface area contributed by atoms with Gasteiger partial charge in [-0.3, -0.25) is 14.3 Å².